The molecule has 14 heavy (non-hydrogen) atoms. The van der Waals surface area contributed by atoms with Crippen LogP contribution in [-0.2, 0) is 6.54 Å². The van der Waals surface area contributed by atoms with Gasteiger partial charge in [-0.1, -0.05) is 0 Å². The Morgan fingerprint density at radius 3 is 2.21 bits per heavy atom. The summed E-state index contributed by atoms with van der Waals surface area (Å²) in [6.07, 6.45) is 0. The quantitative estimate of drug-likeness (QED) is 0.648. The van der Waals surface area contributed by atoms with Crippen LogP contribution in [0.25, 0.3) is 0 Å². The fraction of sp³-hybridized carbons (Fsp3) is 0.625. The molecular weight excluding hydrogens is 188 g/mol. The minimum Gasteiger partial charge on any atom is -0.358 e. The first-order chi connectivity index (χ1) is 6.49. The molecule has 1 aromatic rings. The SMILES string of the molecule is CCn1c(=O)oc(=O)n(C(C)C)c1=O. The molecule has 0 radical (unpaired) electrons. The Morgan fingerprint density at radius 1 is 1.21 bits per heavy atom. The van der Waals surface area contributed by atoms with Crippen LogP contribution in [-0.4, -0.2) is 9.13 Å². The van der Waals surface area contributed by atoms with Crippen LogP contribution in [0.2, 0.25) is 0 Å². The number of nitrogens with zero attached hydrogens (tertiary/aromatic N) is 2. The minimum absolute atomic E-state index is 0.189. The van der Waals surface area contributed by atoms with Crippen LogP contribution >= 0.6 is 0 Å². The Hall–Kier alpha value is -1.59. The molecule has 1 heterocycles. The fourth-order valence-electron chi connectivity index (χ4n) is 1.16. The molecule has 0 unspecified atom stereocenters. The largest absolute Gasteiger partial charge is 0.427 e. The van der Waals surface area contributed by atoms with Gasteiger partial charge in [0, 0.05) is 12.6 Å². The van der Waals surface area contributed by atoms with Crippen LogP contribution < -0.4 is 17.2 Å². The molecule has 0 saturated carbocycles. The van der Waals surface area contributed by atoms with Gasteiger partial charge in [0.2, 0.25) is 0 Å². The van der Waals surface area contributed by atoms with E-state index in [1.54, 1.807) is 20.8 Å². The number of aromatic nitrogens is 2. The minimum atomic E-state index is -0.903. The van der Waals surface area contributed by atoms with Crippen molar-refractivity contribution in [3.63, 3.8) is 0 Å². The Morgan fingerprint density at radius 2 is 1.79 bits per heavy atom. The van der Waals surface area contributed by atoms with Crippen LogP contribution in [0.4, 0.5) is 0 Å². The third-order valence-electron chi connectivity index (χ3n) is 1.86. The summed E-state index contributed by atoms with van der Waals surface area (Å²) >= 11 is 0. The van der Waals surface area contributed by atoms with Crippen LogP contribution in [0.15, 0.2) is 18.8 Å². The summed E-state index contributed by atoms with van der Waals surface area (Å²) in [5.74, 6) is -1.81. The molecule has 6 nitrogen and oxygen atoms in total. The normalized spacial score (nSPS) is 10.9. The zero-order valence-corrected chi connectivity index (χ0v) is 8.31. The maximum atomic E-state index is 11.5. The van der Waals surface area contributed by atoms with E-state index in [0.717, 1.165) is 9.13 Å². The van der Waals surface area contributed by atoms with Gasteiger partial charge in [-0.3, -0.25) is 0 Å². The van der Waals surface area contributed by atoms with Crippen molar-refractivity contribution < 1.29 is 4.42 Å². The molecule has 0 aliphatic carbocycles. The van der Waals surface area contributed by atoms with E-state index in [0.29, 0.717) is 0 Å². The first-order valence-electron chi connectivity index (χ1n) is 4.35. The number of hydrogen-bond donors (Lipinski definition) is 0. The Balaban J connectivity index is 3.71. The Kier molecular flexibility index (Phi) is 2.73. The third kappa shape index (κ3) is 1.55. The predicted molar refractivity (Wildman–Crippen MR) is 49.6 cm³/mol. The summed E-state index contributed by atoms with van der Waals surface area (Å²) in [6.45, 7) is 5.16. The van der Waals surface area contributed by atoms with Crippen molar-refractivity contribution in [2.24, 2.45) is 0 Å². The maximum absolute atomic E-state index is 11.5. The van der Waals surface area contributed by atoms with Gasteiger partial charge < -0.3 is 4.42 Å². The molecule has 0 amide bonds. The maximum Gasteiger partial charge on any atom is 0.427 e. The molecule has 1 rings (SSSR count). The van der Waals surface area contributed by atoms with Gasteiger partial charge in [-0.15, -0.1) is 0 Å². The van der Waals surface area contributed by atoms with Crippen LogP contribution in [0, 0.1) is 0 Å². The number of rotatable bonds is 2. The van der Waals surface area contributed by atoms with E-state index in [-0.39, 0.29) is 12.6 Å². The lowest BCUT2D eigenvalue weighted by Gasteiger charge is -2.08. The molecule has 0 N–H and O–H groups in total. The molecule has 6 heteroatoms. The van der Waals surface area contributed by atoms with Gasteiger partial charge in [-0.25, -0.2) is 23.5 Å². The fourth-order valence-corrected chi connectivity index (χ4v) is 1.16. The second-order valence-electron chi connectivity index (χ2n) is 3.12. The van der Waals surface area contributed by atoms with Gasteiger partial charge in [0.05, 0.1) is 0 Å². The van der Waals surface area contributed by atoms with Crippen molar-refractivity contribution in [2.75, 3.05) is 0 Å². The van der Waals surface area contributed by atoms with E-state index in [9.17, 15) is 14.4 Å². The van der Waals surface area contributed by atoms with Crippen LogP contribution in [0.1, 0.15) is 26.8 Å². The van der Waals surface area contributed by atoms with Crippen molar-refractivity contribution in [2.45, 2.75) is 33.4 Å². The Labute approximate surface area is 79.4 Å². The summed E-state index contributed by atoms with van der Waals surface area (Å²) in [6, 6.07) is -0.322. The summed E-state index contributed by atoms with van der Waals surface area (Å²) in [7, 11) is 0. The van der Waals surface area contributed by atoms with Gasteiger partial charge in [-0.05, 0) is 20.8 Å². The molecule has 1 aromatic heterocycles. The lowest BCUT2D eigenvalue weighted by Crippen LogP contribution is -2.46. The lowest BCUT2D eigenvalue weighted by atomic mass is 10.4. The van der Waals surface area contributed by atoms with E-state index < -0.39 is 17.2 Å². The van der Waals surface area contributed by atoms with Gasteiger partial charge in [0.15, 0.2) is 0 Å². The zero-order chi connectivity index (χ0) is 10.9. The first kappa shape index (κ1) is 10.5. The van der Waals surface area contributed by atoms with Crippen molar-refractivity contribution >= 4 is 0 Å². The molecule has 0 atom stereocenters. The highest BCUT2D eigenvalue weighted by atomic mass is 16.5. The molecule has 0 fully saturated rings. The van der Waals surface area contributed by atoms with Crippen molar-refractivity contribution in [1.29, 1.82) is 0 Å². The highest BCUT2D eigenvalue weighted by Gasteiger charge is 2.12. The van der Waals surface area contributed by atoms with E-state index in [2.05, 4.69) is 4.42 Å². The lowest BCUT2D eigenvalue weighted by molar-refractivity contribution is 0.311. The van der Waals surface area contributed by atoms with E-state index >= 15 is 0 Å². The van der Waals surface area contributed by atoms with Crippen molar-refractivity contribution in [3.05, 3.63) is 31.6 Å². The Bertz CT molecular complexity index is 491. The molecule has 0 saturated heterocycles. The molecule has 0 aliphatic rings. The van der Waals surface area contributed by atoms with Crippen LogP contribution in [0.3, 0.4) is 0 Å². The smallest absolute Gasteiger partial charge is 0.358 e. The zero-order valence-electron chi connectivity index (χ0n) is 8.31. The van der Waals surface area contributed by atoms with Gasteiger partial charge in [-0.2, -0.15) is 0 Å². The highest BCUT2D eigenvalue weighted by molar-refractivity contribution is 4.72. The molecule has 0 aromatic carbocycles. The second kappa shape index (κ2) is 3.65. The summed E-state index contributed by atoms with van der Waals surface area (Å²) in [4.78, 5) is 33.8. The monoisotopic (exact) mass is 200 g/mol. The van der Waals surface area contributed by atoms with Crippen LogP contribution in [0.5, 0.6) is 0 Å². The summed E-state index contributed by atoms with van der Waals surface area (Å²) in [5, 5.41) is 0. The average Bonchev–Trinajstić information content (AvgIpc) is 2.02. The van der Waals surface area contributed by atoms with Crippen molar-refractivity contribution in [1.82, 2.24) is 9.13 Å². The standard InChI is InChI=1S/C8H12N2O4/c1-4-9-6(11)10(5(2)3)8(13)14-7(9)12/h5H,4H2,1-3H3. The molecule has 0 spiro atoms. The summed E-state index contributed by atoms with van der Waals surface area (Å²) < 4.78 is 6.17. The van der Waals surface area contributed by atoms with E-state index in [1.807, 2.05) is 0 Å². The van der Waals surface area contributed by atoms with E-state index in [1.165, 1.54) is 0 Å². The molecule has 78 valence electrons. The molecular formula is C8H12N2O4. The topological polar surface area (TPSA) is 74.2 Å². The number of hydrogen-bond acceptors (Lipinski definition) is 4. The molecule has 0 aliphatic heterocycles. The van der Waals surface area contributed by atoms with Gasteiger partial charge in [0.1, 0.15) is 0 Å². The van der Waals surface area contributed by atoms with Gasteiger partial charge in [0.25, 0.3) is 0 Å². The predicted octanol–water partition coefficient (Wildman–Crippen LogP) is -0.436. The highest BCUT2D eigenvalue weighted by Crippen LogP contribution is 1.92. The average molecular weight is 200 g/mol. The second-order valence-corrected chi connectivity index (χ2v) is 3.12. The summed E-state index contributed by atoms with van der Waals surface area (Å²) in [5.41, 5.74) is -0.622. The first-order valence-corrected chi connectivity index (χ1v) is 4.35. The van der Waals surface area contributed by atoms with Gasteiger partial charge >= 0.3 is 17.2 Å². The van der Waals surface area contributed by atoms with E-state index in [4.69, 9.17) is 0 Å². The molecule has 0 bridgehead atoms. The van der Waals surface area contributed by atoms with Crippen molar-refractivity contribution in [3.8, 4) is 0 Å². The third-order valence-corrected chi connectivity index (χ3v) is 1.86.